The molecule has 0 saturated carbocycles. The monoisotopic (exact) mass is 389 g/mol. The van der Waals surface area contributed by atoms with E-state index in [1.54, 1.807) is 18.2 Å². The number of rotatable bonds is 3. The van der Waals surface area contributed by atoms with E-state index in [-0.39, 0.29) is 0 Å². The zero-order valence-electron chi connectivity index (χ0n) is 10.3. The Labute approximate surface area is 134 Å². The van der Waals surface area contributed by atoms with Gasteiger partial charge < -0.3 is 5.32 Å². The van der Waals surface area contributed by atoms with Gasteiger partial charge in [-0.1, -0.05) is 6.07 Å². The molecule has 0 aliphatic heterocycles. The average Bonchev–Trinajstić information content (AvgIpc) is 2.48. The van der Waals surface area contributed by atoms with E-state index in [1.165, 1.54) is 0 Å². The van der Waals surface area contributed by atoms with Crippen molar-refractivity contribution in [1.29, 1.82) is 10.5 Å². The minimum atomic E-state index is 0.384. The number of nitrogens with zero attached hydrogens (tertiary/aromatic N) is 2. The normalized spacial score (nSPS) is 9.60. The molecule has 0 atom stereocenters. The molecule has 0 spiro atoms. The second-order valence-electron chi connectivity index (χ2n) is 4.09. The highest BCUT2D eigenvalue weighted by atomic mass is 79.9. The van der Waals surface area contributed by atoms with Gasteiger partial charge in [-0.3, -0.25) is 0 Å². The summed E-state index contributed by atoms with van der Waals surface area (Å²) in [4.78, 5) is 0. The first-order valence-corrected chi connectivity index (χ1v) is 7.34. The highest BCUT2D eigenvalue weighted by molar-refractivity contribution is 9.13. The maximum atomic E-state index is 8.99. The summed E-state index contributed by atoms with van der Waals surface area (Å²) >= 11 is 6.89. The van der Waals surface area contributed by atoms with Gasteiger partial charge in [0.15, 0.2) is 0 Å². The minimum Gasteiger partial charge on any atom is -0.381 e. The van der Waals surface area contributed by atoms with Crippen LogP contribution in [0.3, 0.4) is 0 Å². The lowest BCUT2D eigenvalue weighted by molar-refractivity contribution is 1.14. The molecule has 0 unspecified atom stereocenters. The zero-order chi connectivity index (χ0) is 14.5. The summed E-state index contributed by atoms with van der Waals surface area (Å²) in [6, 6.07) is 15.2. The number of hydrogen-bond acceptors (Lipinski definition) is 3. The minimum absolute atomic E-state index is 0.384. The third-order valence-electron chi connectivity index (χ3n) is 2.74. The Morgan fingerprint density at radius 1 is 0.900 bits per heavy atom. The van der Waals surface area contributed by atoms with E-state index in [0.717, 1.165) is 20.2 Å². The first-order valence-electron chi connectivity index (χ1n) is 5.76. The molecule has 0 aliphatic rings. The van der Waals surface area contributed by atoms with Crippen molar-refractivity contribution in [2.45, 2.75) is 6.54 Å². The Balaban J connectivity index is 2.13. The Morgan fingerprint density at radius 2 is 1.65 bits per heavy atom. The summed E-state index contributed by atoms with van der Waals surface area (Å²) in [5, 5.41) is 21.1. The van der Waals surface area contributed by atoms with Crippen molar-refractivity contribution in [2.75, 3.05) is 5.32 Å². The average molecular weight is 391 g/mol. The molecule has 0 bridgehead atoms. The molecule has 0 amide bonds. The molecule has 20 heavy (non-hydrogen) atoms. The van der Waals surface area contributed by atoms with Gasteiger partial charge >= 0.3 is 0 Å². The maximum Gasteiger partial charge on any atom is 0.101 e. The molecular formula is C15H9Br2N3. The molecule has 0 heterocycles. The molecule has 2 aromatic carbocycles. The molecule has 0 radical (unpaired) electrons. The summed E-state index contributed by atoms with van der Waals surface area (Å²) in [5.41, 5.74) is 2.71. The van der Waals surface area contributed by atoms with Gasteiger partial charge in [-0.2, -0.15) is 10.5 Å². The van der Waals surface area contributed by atoms with Crippen molar-refractivity contribution >= 4 is 37.5 Å². The number of nitrogens with one attached hydrogen (secondary N) is 1. The standard InChI is InChI=1S/C15H9Br2N3/c16-14-4-1-10(5-15(14)17)9-20-13-3-2-11(7-18)12(6-13)8-19/h1-6,20H,9H2. The third kappa shape index (κ3) is 3.39. The van der Waals surface area contributed by atoms with Crippen molar-refractivity contribution in [3.8, 4) is 12.1 Å². The number of halogens is 2. The molecule has 5 heteroatoms. The van der Waals surface area contributed by atoms with Crippen molar-refractivity contribution in [3.05, 3.63) is 62.0 Å². The number of nitriles is 2. The summed E-state index contributed by atoms with van der Waals surface area (Å²) < 4.78 is 2.00. The Morgan fingerprint density at radius 3 is 2.30 bits per heavy atom. The molecule has 0 aromatic heterocycles. The molecule has 3 nitrogen and oxygen atoms in total. The fourth-order valence-corrected chi connectivity index (χ4v) is 2.37. The lowest BCUT2D eigenvalue weighted by Gasteiger charge is -2.08. The van der Waals surface area contributed by atoms with Crippen LogP contribution in [0.25, 0.3) is 0 Å². The first-order chi connectivity index (χ1) is 9.63. The van der Waals surface area contributed by atoms with Gasteiger partial charge in [0.05, 0.1) is 11.1 Å². The van der Waals surface area contributed by atoms with Gasteiger partial charge in [0.2, 0.25) is 0 Å². The van der Waals surface area contributed by atoms with Crippen LogP contribution in [0, 0.1) is 22.7 Å². The summed E-state index contributed by atoms with van der Waals surface area (Å²) in [5.74, 6) is 0. The Kier molecular flexibility index (Phi) is 4.79. The molecular weight excluding hydrogens is 382 g/mol. The van der Waals surface area contributed by atoms with Crippen LogP contribution in [0.2, 0.25) is 0 Å². The highest BCUT2D eigenvalue weighted by Gasteiger charge is 2.03. The topological polar surface area (TPSA) is 59.6 Å². The lowest BCUT2D eigenvalue weighted by Crippen LogP contribution is -2.00. The van der Waals surface area contributed by atoms with Gasteiger partial charge in [-0.25, -0.2) is 0 Å². The fourth-order valence-electron chi connectivity index (χ4n) is 1.70. The van der Waals surface area contributed by atoms with Crippen molar-refractivity contribution in [1.82, 2.24) is 0 Å². The fraction of sp³-hybridized carbons (Fsp3) is 0.0667. The van der Waals surface area contributed by atoms with E-state index in [4.69, 9.17) is 10.5 Å². The summed E-state index contributed by atoms with van der Waals surface area (Å²) in [6.07, 6.45) is 0. The van der Waals surface area contributed by atoms with Crippen LogP contribution in [0.5, 0.6) is 0 Å². The summed E-state index contributed by atoms with van der Waals surface area (Å²) in [7, 11) is 0. The first kappa shape index (κ1) is 14.6. The second-order valence-corrected chi connectivity index (χ2v) is 5.79. The molecule has 2 aromatic rings. The van der Waals surface area contributed by atoms with E-state index in [1.807, 2.05) is 30.3 Å². The van der Waals surface area contributed by atoms with Crippen LogP contribution in [0.4, 0.5) is 5.69 Å². The predicted octanol–water partition coefficient (Wildman–Crippen LogP) is 4.57. The Hall–Kier alpha value is -1.82. The predicted molar refractivity (Wildman–Crippen MR) is 85.0 cm³/mol. The number of benzene rings is 2. The number of anilines is 1. The quantitative estimate of drug-likeness (QED) is 0.835. The lowest BCUT2D eigenvalue weighted by atomic mass is 10.1. The van der Waals surface area contributed by atoms with Gasteiger partial charge in [0.25, 0.3) is 0 Å². The largest absolute Gasteiger partial charge is 0.381 e. The molecule has 0 fully saturated rings. The molecule has 0 saturated heterocycles. The second kappa shape index (κ2) is 6.56. The Bertz CT molecular complexity index is 727. The third-order valence-corrected chi connectivity index (χ3v) is 4.62. The van der Waals surface area contributed by atoms with E-state index in [0.29, 0.717) is 17.7 Å². The molecule has 98 valence electrons. The SMILES string of the molecule is N#Cc1ccc(NCc2ccc(Br)c(Br)c2)cc1C#N. The van der Waals surface area contributed by atoms with Crippen LogP contribution in [-0.4, -0.2) is 0 Å². The smallest absolute Gasteiger partial charge is 0.101 e. The maximum absolute atomic E-state index is 8.99. The van der Waals surface area contributed by atoms with Crippen LogP contribution in [0.15, 0.2) is 45.3 Å². The van der Waals surface area contributed by atoms with Gasteiger partial charge in [-0.05, 0) is 67.8 Å². The molecule has 1 N–H and O–H groups in total. The highest BCUT2D eigenvalue weighted by Crippen LogP contribution is 2.24. The van der Waals surface area contributed by atoms with Crippen molar-refractivity contribution in [3.63, 3.8) is 0 Å². The van der Waals surface area contributed by atoms with Crippen LogP contribution < -0.4 is 5.32 Å². The van der Waals surface area contributed by atoms with E-state index >= 15 is 0 Å². The molecule has 2 rings (SSSR count). The van der Waals surface area contributed by atoms with E-state index < -0.39 is 0 Å². The van der Waals surface area contributed by atoms with Crippen LogP contribution >= 0.6 is 31.9 Å². The van der Waals surface area contributed by atoms with Crippen LogP contribution in [-0.2, 0) is 6.54 Å². The summed E-state index contributed by atoms with van der Waals surface area (Å²) in [6.45, 7) is 0.642. The van der Waals surface area contributed by atoms with Gasteiger partial charge in [0.1, 0.15) is 12.1 Å². The zero-order valence-corrected chi connectivity index (χ0v) is 13.5. The van der Waals surface area contributed by atoms with E-state index in [9.17, 15) is 0 Å². The van der Waals surface area contributed by atoms with Crippen molar-refractivity contribution < 1.29 is 0 Å². The van der Waals surface area contributed by atoms with Crippen molar-refractivity contribution in [2.24, 2.45) is 0 Å². The van der Waals surface area contributed by atoms with E-state index in [2.05, 4.69) is 37.2 Å². The van der Waals surface area contributed by atoms with Gasteiger partial charge in [0, 0.05) is 21.2 Å². The molecule has 0 aliphatic carbocycles. The van der Waals surface area contributed by atoms with Crippen LogP contribution in [0.1, 0.15) is 16.7 Å². The number of hydrogen-bond donors (Lipinski definition) is 1. The van der Waals surface area contributed by atoms with Gasteiger partial charge in [-0.15, -0.1) is 0 Å².